The molecule has 1 fully saturated rings. The Bertz CT molecular complexity index is 354. The number of rotatable bonds is 2. The summed E-state index contributed by atoms with van der Waals surface area (Å²) in [7, 11) is 0. The molecule has 1 aliphatic rings. The second kappa shape index (κ2) is 4.37. The number of hydrogen-bond donors (Lipinski definition) is 1. The molecule has 2 heterocycles. The number of nitrogens with one attached hydrogen (secondary N) is 1. The molecule has 1 aromatic heterocycles. The van der Waals surface area contributed by atoms with Gasteiger partial charge in [-0.15, -0.1) is 0 Å². The van der Waals surface area contributed by atoms with Crippen molar-refractivity contribution in [2.45, 2.75) is 38.6 Å². The molecule has 1 saturated heterocycles. The van der Waals surface area contributed by atoms with E-state index in [0.717, 1.165) is 31.1 Å². The summed E-state index contributed by atoms with van der Waals surface area (Å²) in [6.07, 6.45) is 2.67. The van der Waals surface area contributed by atoms with Gasteiger partial charge >= 0.3 is 0 Å². The van der Waals surface area contributed by atoms with Crippen molar-refractivity contribution >= 4 is 5.82 Å². The molecule has 0 radical (unpaired) electrons. The van der Waals surface area contributed by atoms with E-state index in [9.17, 15) is 0 Å². The molecular formula is C12H19N3O. The topological polar surface area (TPSA) is 47.0 Å². The highest BCUT2D eigenvalue weighted by atomic mass is 16.5. The number of aromatic nitrogens is 2. The fraction of sp³-hybridized carbons (Fsp3) is 0.667. The fourth-order valence-electron chi connectivity index (χ4n) is 1.70. The van der Waals surface area contributed by atoms with E-state index < -0.39 is 0 Å². The molecular weight excluding hydrogens is 202 g/mol. The number of nitrogens with zero attached hydrogens (tertiary/aromatic N) is 2. The molecule has 1 aromatic rings. The Balaban J connectivity index is 2.09. The van der Waals surface area contributed by atoms with Crippen LogP contribution in [0.4, 0.5) is 5.82 Å². The fourth-order valence-corrected chi connectivity index (χ4v) is 1.70. The van der Waals surface area contributed by atoms with Crippen molar-refractivity contribution in [3.8, 4) is 0 Å². The minimum absolute atomic E-state index is 0.0611. The van der Waals surface area contributed by atoms with Gasteiger partial charge in [0, 0.05) is 18.1 Å². The van der Waals surface area contributed by atoms with Crippen LogP contribution in [-0.4, -0.2) is 29.2 Å². The number of ether oxygens (including phenoxy) is 1. The largest absolute Gasteiger partial charge is 0.379 e. The molecule has 0 amide bonds. The van der Waals surface area contributed by atoms with E-state index in [0.29, 0.717) is 6.04 Å². The highest BCUT2D eigenvalue weighted by Crippen LogP contribution is 2.21. The van der Waals surface area contributed by atoms with Gasteiger partial charge in [-0.3, -0.25) is 0 Å². The maximum atomic E-state index is 5.32. The quantitative estimate of drug-likeness (QED) is 0.829. The normalized spacial score (nSPS) is 21.1. The zero-order valence-corrected chi connectivity index (χ0v) is 10.2. The zero-order chi connectivity index (χ0) is 11.6. The van der Waals surface area contributed by atoms with Gasteiger partial charge in [-0.25, -0.2) is 9.97 Å². The monoisotopic (exact) mass is 221 g/mol. The smallest absolute Gasteiger partial charge is 0.129 e. The highest BCUT2D eigenvalue weighted by Gasteiger charge is 2.18. The van der Waals surface area contributed by atoms with Crippen molar-refractivity contribution in [2.24, 2.45) is 0 Å². The maximum Gasteiger partial charge on any atom is 0.129 e. The molecule has 0 saturated carbocycles. The molecule has 0 aliphatic carbocycles. The predicted octanol–water partition coefficient (Wildman–Crippen LogP) is 1.97. The zero-order valence-electron chi connectivity index (χ0n) is 10.2. The lowest BCUT2D eigenvalue weighted by atomic mass is 9.92. The van der Waals surface area contributed by atoms with Gasteiger partial charge in [0.25, 0.3) is 0 Å². The second-order valence-corrected chi connectivity index (χ2v) is 5.24. The van der Waals surface area contributed by atoms with Crippen molar-refractivity contribution in [3.05, 3.63) is 18.1 Å². The van der Waals surface area contributed by atoms with Crippen LogP contribution in [0.15, 0.2) is 12.4 Å². The number of hydrogen-bond acceptors (Lipinski definition) is 4. The molecule has 16 heavy (non-hydrogen) atoms. The van der Waals surface area contributed by atoms with Gasteiger partial charge < -0.3 is 10.1 Å². The van der Waals surface area contributed by atoms with Crippen molar-refractivity contribution in [3.63, 3.8) is 0 Å². The molecule has 0 bridgehead atoms. The van der Waals surface area contributed by atoms with Crippen LogP contribution >= 0.6 is 0 Å². The molecule has 2 rings (SSSR count). The molecule has 0 spiro atoms. The van der Waals surface area contributed by atoms with Crippen LogP contribution in [-0.2, 0) is 10.2 Å². The Morgan fingerprint density at radius 1 is 1.38 bits per heavy atom. The lowest BCUT2D eigenvalue weighted by molar-refractivity contribution is 0.195. The van der Waals surface area contributed by atoms with Crippen molar-refractivity contribution in [2.75, 3.05) is 18.5 Å². The van der Waals surface area contributed by atoms with E-state index in [1.165, 1.54) is 0 Å². The van der Waals surface area contributed by atoms with Gasteiger partial charge in [0.2, 0.25) is 0 Å². The van der Waals surface area contributed by atoms with E-state index >= 15 is 0 Å². The highest BCUT2D eigenvalue weighted by molar-refractivity contribution is 5.37. The molecule has 88 valence electrons. The van der Waals surface area contributed by atoms with E-state index in [1.807, 2.05) is 6.07 Å². The first-order chi connectivity index (χ1) is 7.55. The summed E-state index contributed by atoms with van der Waals surface area (Å²) in [5.74, 6) is 0.899. The molecule has 4 nitrogen and oxygen atoms in total. The second-order valence-electron chi connectivity index (χ2n) is 5.24. The molecule has 1 aliphatic heterocycles. The van der Waals surface area contributed by atoms with Crippen molar-refractivity contribution < 1.29 is 4.74 Å². The van der Waals surface area contributed by atoms with Crippen LogP contribution in [0.5, 0.6) is 0 Å². The summed E-state index contributed by atoms with van der Waals surface area (Å²) in [6.45, 7) is 8.07. The molecule has 4 heteroatoms. The Labute approximate surface area is 96.4 Å². The third kappa shape index (κ3) is 2.70. The van der Waals surface area contributed by atoms with Crippen LogP contribution < -0.4 is 5.32 Å². The van der Waals surface area contributed by atoms with Crippen molar-refractivity contribution in [1.82, 2.24) is 9.97 Å². The Kier molecular flexibility index (Phi) is 3.10. The van der Waals surface area contributed by atoms with Crippen LogP contribution in [0.3, 0.4) is 0 Å². The summed E-state index contributed by atoms with van der Waals surface area (Å²) in [6, 6.07) is 2.42. The SMILES string of the molecule is CC(C)(C)c1cc(N[C@@H]2CCOC2)ncn1. The van der Waals surface area contributed by atoms with E-state index in [-0.39, 0.29) is 5.41 Å². The van der Waals surface area contributed by atoms with Crippen LogP contribution in [0.1, 0.15) is 32.9 Å². The van der Waals surface area contributed by atoms with Gasteiger partial charge in [-0.05, 0) is 6.42 Å². The van der Waals surface area contributed by atoms with E-state index in [2.05, 4.69) is 36.1 Å². The Hall–Kier alpha value is -1.16. The minimum Gasteiger partial charge on any atom is -0.379 e. The average Bonchev–Trinajstić information content (AvgIpc) is 2.70. The Morgan fingerprint density at radius 3 is 2.81 bits per heavy atom. The van der Waals surface area contributed by atoms with E-state index in [1.54, 1.807) is 6.33 Å². The van der Waals surface area contributed by atoms with Crippen LogP contribution in [0.2, 0.25) is 0 Å². The van der Waals surface area contributed by atoms with Gasteiger partial charge in [-0.1, -0.05) is 20.8 Å². The molecule has 0 aromatic carbocycles. The molecule has 1 atom stereocenters. The molecule has 0 unspecified atom stereocenters. The summed E-state index contributed by atoms with van der Waals surface area (Å²) < 4.78 is 5.32. The van der Waals surface area contributed by atoms with Crippen molar-refractivity contribution in [1.29, 1.82) is 0 Å². The third-order valence-electron chi connectivity index (χ3n) is 2.72. The number of anilines is 1. The lowest BCUT2D eigenvalue weighted by Gasteiger charge is -2.19. The third-order valence-corrected chi connectivity index (χ3v) is 2.72. The Morgan fingerprint density at radius 2 is 2.19 bits per heavy atom. The first kappa shape index (κ1) is 11.3. The maximum absolute atomic E-state index is 5.32. The summed E-state index contributed by atoms with van der Waals surface area (Å²) in [5.41, 5.74) is 1.12. The first-order valence-electron chi connectivity index (χ1n) is 5.72. The predicted molar refractivity (Wildman–Crippen MR) is 63.6 cm³/mol. The summed E-state index contributed by atoms with van der Waals surface area (Å²) in [5, 5.41) is 3.38. The average molecular weight is 221 g/mol. The summed E-state index contributed by atoms with van der Waals surface area (Å²) >= 11 is 0. The minimum atomic E-state index is 0.0611. The molecule has 1 N–H and O–H groups in total. The van der Waals surface area contributed by atoms with Gasteiger partial charge in [-0.2, -0.15) is 0 Å². The van der Waals surface area contributed by atoms with Gasteiger partial charge in [0.1, 0.15) is 12.1 Å². The standard InChI is InChI=1S/C12H19N3O/c1-12(2,3)10-6-11(14-8-13-10)15-9-4-5-16-7-9/h6,8-9H,4-5,7H2,1-3H3,(H,13,14,15)/t9-/m1/s1. The van der Waals surface area contributed by atoms with Gasteiger partial charge in [0.05, 0.1) is 18.3 Å². The van der Waals surface area contributed by atoms with Crippen LogP contribution in [0.25, 0.3) is 0 Å². The lowest BCUT2D eigenvalue weighted by Crippen LogP contribution is -2.21. The van der Waals surface area contributed by atoms with Crippen LogP contribution in [0, 0.1) is 0 Å². The summed E-state index contributed by atoms with van der Waals surface area (Å²) in [4.78, 5) is 8.54. The van der Waals surface area contributed by atoms with E-state index in [4.69, 9.17) is 4.74 Å². The first-order valence-corrected chi connectivity index (χ1v) is 5.72. The van der Waals surface area contributed by atoms with Gasteiger partial charge in [0.15, 0.2) is 0 Å².